The molecular formula is C41H44F7N3O4. The van der Waals surface area contributed by atoms with Gasteiger partial charge in [0.05, 0.1) is 23.6 Å². The van der Waals surface area contributed by atoms with Gasteiger partial charge in [-0.2, -0.15) is 13.2 Å². The summed E-state index contributed by atoms with van der Waals surface area (Å²) in [6.45, 7) is 8.91. The summed E-state index contributed by atoms with van der Waals surface area (Å²) < 4.78 is 104. The van der Waals surface area contributed by atoms with Crippen LogP contribution < -0.4 is 10.9 Å². The maximum absolute atomic E-state index is 16.7. The van der Waals surface area contributed by atoms with Crippen LogP contribution in [0, 0.1) is 49.2 Å². The van der Waals surface area contributed by atoms with Gasteiger partial charge in [0.15, 0.2) is 0 Å². The zero-order chi connectivity index (χ0) is 40.6. The molecule has 0 radical (unpaired) electrons. The van der Waals surface area contributed by atoms with E-state index in [0.29, 0.717) is 22.8 Å². The van der Waals surface area contributed by atoms with E-state index in [1.165, 1.54) is 13.0 Å². The Morgan fingerprint density at radius 2 is 1.67 bits per heavy atom. The molecule has 3 atom stereocenters. The molecule has 1 saturated carbocycles. The largest absolute Gasteiger partial charge is 0.481 e. The van der Waals surface area contributed by atoms with Gasteiger partial charge >= 0.3 is 12.1 Å². The second-order valence-corrected chi connectivity index (χ2v) is 15.1. The minimum atomic E-state index is -4.93. The maximum Gasteiger partial charge on any atom is 0.416 e. The molecule has 1 aliphatic heterocycles. The SMILES string of the molecule is CC#Cc1cc(-c2c(C)cccc2C)c(F)c([C@H](CC(=O)O)NC(=O)[C@H](CC(C)C)n2cc(C3CCN(C[C@H]4CC4(F)F)CC3)c(C(F)(F)F)cc2=O)c1F. The number of pyridine rings is 1. The Balaban J connectivity index is 1.56. The van der Waals surface area contributed by atoms with Crippen LogP contribution in [0.2, 0.25) is 0 Å². The van der Waals surface area contributed by atoms with Gasteiger partial charge in [-0.1, -0.05) is 38.0 Å². The van der Waals surface area contributed by atoms with Crippen molar-refractivity contribution < 1.29 is 45.4 Å². The Morgan fingerprint density at radius 3 is 2.20 bits per heavy atom. The summed E-state index contributed by atoms with van der Waals surface area (Å²) in [6.07, 6.45) is -4.90. The molecule has 2 aromatic carbocycles. The van der Waals surface area contributed by atoms with Crippen molar-refractivity contribution in [3.05, 3.63) is 91.9 Å². The van der Waals surface area contributed by atoms with Crippen LogP contribution in [-0.4, -0.2) is 52.0 Å². The number of hydrogen-bond donors (Lipinski definition) is 2. The van der Waals surface area contributed by atoms with E-state index >= 15 is 8.78 Å². The molecule has 296 valence electrons. The molecule has 0 bridgehead atoms. The van der Waals surface area contributed by atoms with E-state index in [0.717, 1.165) is 10.8 Å². The first-order valence-corrected chi connectivity index (χ1v) is 18.2. The predicted octanol–water partition coefficient (Wildman–Crippen LogP) is 8.55. The number of hydrogen-bond acceptors (Lipinski definition) is 4. The van der Waals surface area contributed by atoms with Crippen molar-refractivity contribution in [2.45, 2.75) is 96.8 Å². The number of carboxylic acid groups (broad SMARTS) is 1. The van der Waals surface area contributed by atoms with Crippen LogP contribution in [0.3, 0.4) is 0 Å². The highest BCUT2D eigenvalue weighted by Crippen LogP contribution is 2.49. The topological polar surface area (TPSA) is 91.6 Å². The second kappa shape index (κ2) is 16.2. The number of nitrogens with one attached hydrogen (secondary N) is 1. The zero-order valence-electron chi connectivity index (χ0n) is 31.2. The molecule has 2 heterocycles. The van der Waals surface area contributed by atoms with Crippen molar-refractivity contribution in [1.29, 1.82) is 0 Å². The standard InChI is InChI=1S/C41H44F7N3O4/c1-6-8-26-16-28(35-23(4)9-7-10-24(35)5)38(43)36(37(26)42)31(18-34(53)54)49-39(55)32(15-22(2)3)51-21-29(30(17-33(51)52)41(46,47)48)25-11-13-50(14-12-25)20-27-19-40(27,44)45/h7,9-10,16-17,21-22,25,27,31-32H,11-15,18-20H2,1-5H3,(H,49,55)(H,53,54)/t27-,31+,32+/m1/s1. The quantitative estimate of drug-likeness (QED) is 0.142. The van der Waals surface area contributed by atoms with E-state index in [1.807, 2.05) is 0 Å². The highest BCUT2D eigenvalue weighted by molar-refractivity contribution is 5.82. The van der Waals surface area contributed by atoms with E-state index in [2.05, 4.69) is 17.2 Å². The summed E-state index contributed by atoms with van der Waals surface area (Å²) in [5.74, 6) is -4.32. The minimum absolute atomic E-state index is 0.0754. The lowest BCUT2D eigenvalue weighted by atomic mass is 9.87. The summed E-state index contributed by atoms with van der Waals surface area (Å²) in [4.78, 5) is 41.7. The van der Waals surface area contributed by atoms with Gasteiger partial charge in [-0.05, 0) is 93.3 Å². The molecule has 55 heavy (non-hydrogen) atoms. The van der Waals surface area contributed by atoms with Crippen LogP contribution in [0.15, 0.2) is 41.3 Å². The Labute approximate surface area is 314 Å². The Hall–Kier alpha value is -4.64. The number of benzene rings is 2. The van der Waals surface area contributed by atoms with Crippen LogP contribution >= 0.6 is 0 Å². The Kier molecular flexibility index (Phi) is 12.2. The van der Waals surface area contributed by atoms with Crippen LogP contribution in [0.4, 0.5) is 30.7 Å². The molecule has 1 aromatic heterocycles. The van der Waals surface area contributed by atoms with Gasteiger partial charge in [0.25, 0.3) is 11.5 Å². The lowest BCUT2D eigenvalue weighted by Gasteiger charge is -2.34. The third-order valence-electron chi connectivity index (χ3n) is 10.5. The first-order valence-electron chi connectivity index (χ1n) is 18.2. The maximum atomic E-state index is 16.7. The third kappa shape index (κ3) is 9.26. The number of likely N-dealkylation sites (tertiary alicyclic amines) is 1. The monoisotopic (exact) mass is 775 g/mol. The fourth-order valence-corrected chi connectivity index (χ4v) is 7.66. The molecule has 0 unspecified atom stereocenters. The number of aliphatic carboxylic acids is 1. The van der Waals surface area contributed by atoms with E-state index < -0.39 is 82.6 Å². The number of carbonyl (C=O) groups excluding carboxylic acids is 1. The molecule has 5 rings (SSSR count). The molecule has 14 heteroatoms. The second-order valence-electron chi connectivity index (χ2n) is 15.1. The van der Waals surface area contributed by atoms with Gasteiger partial charge < -0.3 is 19.9 Å². The first-order chi connectivity index (χ1) is 25.7. The molecule has 1 aliphatic carbocycles. The van der Waals surface area contributed by atoms with E-state index in [1.54, 1.807) is 50.8 Å². The van der Waals surface area contributed by atoms with Crippen molar-refractivity contribution in [3.63, 3.8) is 0 Å². The summed E-state index contributed by atoms with van der Waals surface area (Å²) in [7, 11) is 0. The molecule has 1 amide bonds. The predicted molar refractivity (Wildman–Crippen MR) is 193 cm³/mol. The van der Waals surface area contributed by atoms with Crippen LogP contribution in [-0.2, 0) is 15.8 Å². The van der Waals surface area contributed by atoms with E-state index in [9.17, 15) is 41.4 Å². The molecule has 2 fully saturated rings. The molecular weight excluding hydrogens is 731 g/mol. The van der Waals surface area contributed by atoms with E-state index in [4.69, 9.17) is 0 Å². The zero-order valence-corrected chi connectivity index (χ0v) is 31.2. The third-order valence-corrected chi connectivity index (χ3v) is 10.5. The van der Waals surface area contributed by atoms with Crippen molar-refractivity contribution in [3.8, 4) is 23.0 Å². The molecule has 3 aromatic rings. The van der Waals surface area contributed by atoms with Crippen LogP contribution in [0.5, 0.6) is 0 Å². The highest BCUT2D eigenvalue weighted by Gasteiger charge is 2.57. The number of carboxylic acids is 1. The fourth-order valence-electron chi connectivity index (χ4n) is 7.66. The van der Waals surface area contributed by atoms with Crippen molar-refractivity contribution in [2.24, 2.45) is 11.8 Å². The van der Waals surface area contributed by atoms with Gasteiger partial charge in [0.2, 0.25) is 5.91 Å². The first kappa shape index (κ1) is 41.5. The summed E-state index contributed by atoms with van der Waals surface area (Å²) in [5, 5.41) is 12.3. The minimum Gasteiger partial charge on any atom is -0.481 e. The Bertz CT molecular complexity index is 2050. The van der Waals surface area contributed by atoms with Crippen molar-refractivity contribution in [2.75, 3.05) is 19.6 Å². The van der Waals surface area contributed by atoms with Gasteiger partial charge in [0.1, 0.15) is 17.7 Å². The van der Waals surface area contributed by atoms with Crippen molar-refractivity contribution >= 4 is 11.9 Å². The number of piperidine rings is 1. The van der Waals surface area contributed by atoms with Gasteiger partial charge in [-0.15, -0.1) is 5.92 Å². The molecule has 2 N–H and O–H groups in total. The highest BCUT2D eigenvalue weighted by atomic mass is 19.4. The fraction of sp³-hybridized carbons (Fsp3) is 0.488. The van der Waals surface area contributed by atoms with Crippen molar-refractivity contribution in [1.82, 2.24) is 14.8 Å². The number of alkyl halides is 5. The lowest BCUT2D eigenvalue weighted by molar-refractivity contribution is -0.139. The average molecular weight is 776 g/mol. The number of rotatable bonds is 12. The number of nitrogens with zero attached hydrogens (tertiary/aromatic N) is 2. The summed E-state index contributed by atoms with van der Waals surface area (Å²) in [6, 6.07) is 3.50. The molecule has 7 nitrogen and oxygen atoms in total. The van der Waals surface area contributed by atoms with Gasteiger partial charge in [-0.3, -0.25) is 14.4 Å². The smallest absolute Gasteiger partial charge is 0.416 e. The van der Waals surface area contributed by atoms with Crippen LogP contribution in [0.1, 0.15) is 104 Å². The number of aryl methyl sites for hydroxylation is 2. The van der Waals surface area contributed by atoms with Gasteiger partial charge in [0, 0.05) is 42.3 Å². The van der Waals surface area contributed by atoms with Crippen LogP contribution in [0.25, 0.3) is 11.1 Å². The number of aromatic nitrogens is 1. The molecule has 1 saturated heterocycles. The molecule has 2 aliphatic rings. The molecule has 0 spiro atoms. The van der Waals surface area contributed by atoms with E-state index in [-0.39, 0.29) is 67.9 Å². The average Bonchev–Trinajstić information content (AvgIpc) is 3.69. The normalized spacial score (nSPS) is 18.4. The number of amides is 1. The number of carbonyl (C=O) groups is 2. The summed E-state index contributed by atoms with van der Waals surface area (Å²) in [5.41, 5.74) is -1.99. The Morgan fingerprint density at radius 1 is 1.05 bits per heavy atom. The summed E-state index contributed by atoms with van der Waals surface area (Å²) >= 11 is 0. The van der Waals surface area contributed by atoms with Gasteiger partial charge in [-0.25, -0.2) is 17.6 Å². The lowest BCUT2D eigenvalue weighted by Crippen LogP contribution is -2.41. The number of halogens is 7.